The van der Waals surface area contributed by atoms with E-state index < -0.39 is 70.8 Å². The Hall–Kier alpha value is -2.76. The SMILES string of the molecule is C=C(OC(C)=O)c1c(S(=O)(=O)C(F)(F)F)c(C#N)nn1-c1c(Cl)cc(C(F)(F)F)cc1Cl. The van der Waals surface area contributed by atoms with Crippen molar-refractivity contribution in [2.45, 2.75) is 23.5 Å². The van der Waals surface area contributed by atoms with Gasteiger partial charge in [-0.3, -0.25) is 4.79 Å². The van der Waals surface area contributed by atoms with Gasteiger partial charge in [0.2, 0.25) is 0 Å². The predicted octanol–water partition coefficient (Wildman–Crippen LogP) is 4.90. The van der Waals surface area contributed by atoms with Gasteiger partial charge in [-0.25, -0.2) is 13.1 Å². The fourth-order valence-corrected chi connectivity index (χ4v) is 4.08. The van der Waals surface area contributed by atoms with Gasteiger partial charge in [0.25, 0.3) is 9.84 Å². The molecule has 16 heteroatoms. The predicted molar refractivity (Wildman–Crippen MR) is 97.3 cm³/mol. The van der Waals surface area contributed by atoms with Gasteiger partial charge in [0.1, 0.15) is 22.3 Å². The minimum Gasteiger partial charge on any atom is -0.425 e. The molecule has 2 aromatic rings. The zero-order valence-electron chi connectivity index (χ0n) is 15.3. The van der Waals surface area contributed by atoms with Gasteiger partial charge in [0.05, 0.1) is 15.6 Å². The smallest absolute Gasteiger partial charge is 0.425 e. The summed E-state index contributed by atoms with van der Waals surface area (Å²) < 4.78 is 108. The van der Waals surface area contributed by atoms with Crippen LogP contribution in [0.2, 0.25) is 10.0 Å². The second kappa shape index (κ2) is 8.30. The summed E-state index contributed by atoms with van der Waals surface area (Å²) in [4.78, 5) is 9.51. The second-order valence-electron chi connectivity index (χ2n) is 5.80. The Bertz CT molecular complexity index is 1250. The van der Waals surface area contributed by atoms with Crippen molar-refractivity contribution >= 4 is 44.8 Å². The van der Waals surface area contributed by atoms with Crippen molar-refractivity contribution in [3.8, 4) is 11.8 Å². The van der Waals surface area contributed by atoms with E-state index in [1.54, 1.807) is 0 Å². The topological polar surface area (TPSA) is 102 Å². The number of nitriles is 1. The molecule has 0 unspecified atom stereocenters. The monoisotopic (exact) mass is 521 g/mol. The van der Waals surface area contributed by atoms with E-state index in [4.69, 9.17) is 23.2 Å². The van der Waals surface area contributed by atoms with Gasteiger partial charge in [-0.2, -0.15) is 36.7 Å². The Morgan fingerprint density at radius 3 is 2.06 bits per heavy atom. The van der Waals surface area contributed by atoms with E-state index in [1.165, 1.54) is 0 Å². The van der Waals surface area contributed by atoms with Crippen molar-refractivity contribution in [2.75, 3.05) is 0 Å². The molecule has 7 nitrogen and oxygen atoms in total. The number of benzene rings is 1. The zero-order valence-corrected chi connectivity index (χ0v) is 17.6. The van der Waals surface area contributed by atoms with Gasteiger partial charge in [-0.05, 0) is 12.1 Å². The van der Waals surface area contributed by atoms with E-state index in [2.05, 4.69) is 16.4 Å². The number of rotatable bonds is 4. The first-order chi connectivity index (χ1) is 14.4. The number of nitrogens with zero attached hydrogens (tertiary/aromatic N) is 3. The van der Waals surface area contributed by atoms with Crippen molar-refractivity contribution in [3.05, 3.63) is 45.7 Å². The van der Waals surface area contributed by atoms with Gasteiger partial charge in [-0.1, -0.05) is 29.8 Å². The highest BCUT2D eigenvalue weighted by molar-refractivity contribution is 7.92. The third-order valence-electron chi connectivity index (χ3n) is 3.61. The number of alkyl halides is 6. The standard InChI is InChI=1S/C16H7Cl2F6N3O4S/c1-6(31-7(2)28)12-14(32(29,30)16(22,23)24)11(5-25)26-27(12)13-9(17)3-8(4-10(13)18)15(19,20)21/h3-4H,1H2,2H3. The van der Waals surface area contributed by atoms with Crippen LogP contribution >= 0.6 is 23.2 Å². The van der Waals surface area contributed by atoms with E-state index in [-0.39, 0.29) is 4.68 Å². The van der Waals surface area contributed by atoms with Gasteiger partial charge in [0.15, 0.2) is 11.5 Å². The molecule has 0 bridgehead atoms. The summed E-state index contributed by atoms with van der Waals surface area (Å²) in [6, 6.07) is 1.81. The highest BCUT2D eigenvalue weighted by atomic mass is 35.5. The van der Waals surface area contributed by atoms with E-state index in [1.807, 2.05) is 0 Å². The number of halogens is 8. The van der Waals surface area contributed by atoms with E-state index in [0.717, 1.165) is 13.0 Å². The number of carbonyl (C=O) groups excluding carboxylic acids is 1. The Balaban J connectivity index is 3.03. The lowest BCUT2D eigenvalue weighted by Gasteiger charge is -2.16. The Labute approximate surface area is 185 Å². The first kappa shape index (κ1) is 25.5. The fourth-order valence-electron chi connectivity index (χ4n) is 2.41. The number of sulfone groups is 1. The molecule has 0 atom stereocenters. The van der Waals surface area contributed by atoms with Crippen molar-refractivity contribution < 1.29 is 44.3 Å². The van der Waals surface area contributed by atoms with E-state index in [9.17, 15) is 44.8 Å². The molecule has 0 spiro atoms. The first-order valence-electron chi connectivity index (χ1n) is 7.72. The van der Waals surface area contributed by atoms with Crippen LogP contribution in [0.1, 0.15) is 23.9 Å². The van der Waals surface area contributed by atoms with Crippen molar-refractivity contribution in [3.63, 3.8) is 0 Å². The summed E-state index contributed by atoms with van der Waals surface area (Å²) in [6.07, 6.45) is -4.91. The quantitative estimate of drug-likeness (QED) is 0.322. The Morgan fingerprint density at radius 1 is 1.19 bits per heavy atom. The second-order valence-corrected chi connectivity index (χ2v) is 8.49. The first-order valence-corrected chi connectivity index (χ1v) is 9.96. The fraction of sp³-hybridized carbons (Fsp3) is 0.188. The molecule has 2 rings (SSSR count). The lowest BCUT2D eigenvalue weighted by molar-refractivity contribution is -0.137. The number of esters is 1. The maximum absolute atomic E-state index is 13.2. The van der Waals surface area contributed by atoms with Crippen LogP contribution in [0.15, 0.2) is 23.6 Å². The summed E-state index contributed by atoms with van der Waals surface area (Å²) in [5, 5.41) is 10.9. The molecule has 1 heterocycles. The van der Waals surface area contributed by atoms with Crippen LogP contribution in [0.3, 0.4) is 0 Å². The van der Waals surface area contributed by atoms with Gasteiger partial charge >= 0.3 is 17.7 Å². The van der Waals surface area contributed by atoms with E-state index in [0.29, 0.717) is 12.1 Å². The molecule has 0 amide bonds. The van der Waals surface area contributed by atoms with Crippen LogP contribution in [0.25, 0.3) is 11.4 Å². The number of hydrogen-bond donors (Lipinski definition) is 0. The van der Waals surface area contributed by atoms with Crippen LogP contribution in [-0.2, 0) is 25.5 Å². The van der Waals surface area contributed by atoms with Crippen molar-refractivity contribution in [1.29, 1.82) is 5.26 Å². The minimum atomic E-state index is -6.30. The van der Waals surface area contributed by atoms with Crippen molar-refractivity contribution in [2.24, 2.45) is 0 Å². The largest absolute Gasteiger partial charge is 0.502 e. The molecule has 0 saturated carbocycles. The number of ether oxygens (including phenoxy) is 1. The van der Waals surface area contributed by atoms with E-state index >= 15 is 0 Å². The maximum Gasteiger partial charge on any atom is 0.502 e. The van der Waals surface area contributed by atoms with Gasteiger partial charge in [0, 0.05) is 6.92 Å². The molecule has 0 fully saturated rings. The number of hydrogen-bond acceptors (Lipinski definition) is 6. The molecule has 32 heavy (non-hydrogen) atoms. The summed E-state index contributed by atoms with van der Waals surface area (Å²) in [6.45, 7) is 3.96. The molecule has 0 saturated heterocycles. The third-order valence-corrected chi connectivity index (χ3v) is 5.72. The maximum atomic E-state index is 13.2. The zero-order chi connectivity index (χ0) is 24.8. The Kier molecular flexibility index (Phi) is 6.62. The molecule has 1 aromatic carbocycles. The molecule has 0 radical (unpaired) electrons. The lowest BCUT2D eigenvalue weighted by Crippen LogP contribution is -2.25. The normalized spacial score (nSPS) is 12.4. The number of carbonyl (C=O) groups is 1. The Morgan fingerprint density at radius 2 is 1.69 bits per heavy atom. The van der Waals surface area contributed by atoms with Gasteiger partial charge in [-0.15, -0.1) is 0 Å². The van der Waals surface area contributed by atoms with Gasteiger partial charge < -0.3 is 4.74 Å². The van der Waals surface area contributed by atoms with Crippen LogP contribution in [0, 0.1) is 11.3 Å². The molecule has 0 aliphatic carbocycles. The van der Waals surface area contributed by atoms with Crippen LogP contribution in [-0.4, -0.2) is 29.7 Å². The van der Waals surface area contributed by atoms with Crippen molar-refractivity contribution in [1.82, 2.24) is 9.78 Å². The average Bonchev–Trinajstić information content (AvgIpc) is 2.98. The molecule has 172 valence electrons. The average molecular weight is 522 g/mol. The third kappa shape index (κ3) is 4.54. The highest BCUT2D eigenvalue weighted by Crippen LogP contribution is 2.42. The molecular weight excluding hydrogens is 515 g/mol. The summed E-state index contributed by atoms with van der Waals surface area (Å²) in [5.74, 6) is -2.18. The molecule has 0 aliphatic heterocycles. The summed E-state index contributed by atoms with van der Waals surface area (Å²) in [7, 11) is -6.30. The molecular formula is C16H7Cl2F6N3O4S. The molecule has 1 aromatic heterocycles. The molecule has 0 N–H and O–H groups in total. The molecule has 0 aliphatic rings. The minimum absolute atomic E-state index is 0.229. The summed E-state index contributed by atoms with van der Waals surface area (Å²) >= 11 is 11.7. The number of aromatic nitrogens is 2. The lowest BCUT2D eigenvalue weighted by atomic mass is 10.2. The van der Waals surface area contributed by atoms with Crippen LogP contribution < -0.4 is 0 Å². The summed E-state index contributed by atoms with van der Waals surface area (Å²) in [5.41, 5.74) is -10.5. The highest BCUT2D eigenvalue weighted by Gasteiger charge is 2.51. The van der Waals surface area contributed by atoms with Crippen LogP contribution in [0.5, 0.6) is 0 Å². The van der Waals surface area contributed by atoms with Crippen LogP contribution in [0.4, 0.5) is 26.3 Å².